The molecule has 3 unspecified atom stereocenters. The van der Waals surface area contributed by atoms with Crippen molar-refractivity contribution in [3.63, 3.8) is 0 Å². The summed E-state index contributed by atoms with van der Waals surface area (Å²) in [4.78, 5) is 33.1. The van der Waals surface area contributed by atoms with Gasteiger partial charge in [0.2, 0.25) is 0 Å². The number of carbonyl (C=O) groups is 2. The van der Waals surface area contributed by atoms with Crippen LogP contribution in [0.2, 0.25) is 0 Å². The predicted octanol–water partition coefficient (Wildman–Crippen LogP) is 7.07. The third-order valence-corrected chi connectivity index (χ3v) is 15.2. The summed E-state index contributed by atoms with van der Waals surface area (Å²) < 4.78 is 7.50. The lowest BCUT2D eigenvalue weighted by Crippen LogP contribution is -2.65. The van der Waals surface area contributed by atoms with Gasteiger partial charge in [-0.2, -0.15) is 0 Å². The van der Waals surface area contributed by atoms with Crippen LogP contribution in [0.4, 0.5) is 0 Å². The van der Waals surface area contributed by atoms with Gasteiger partial charge in [0.25, 0.3) is 0 Å². The first-order valence-electron chi connectivity index (χ1n) is 19.3. The predicted molar refractivity (Wildman–Crippen MR) is 178 cm³/mol. The smallest absolute Gasteiger partial charge is 0.315 e. The van der Waals surface area contributed by atoms with Crippen molar-refractivity contribution in [3.05, 3.63) is 11.6 Å². The molecule has 2 heterocycles. The van der Waals surface area contributed by atoms with E-state index in [2.05, 4.69) is 43.6 Å². The van der Waals surface area contributed by atoms with Crippen LogP contribution in [0.25, 0.3) is 0 Å². The average Bonchev–Trinajstić information content (AvgIpc) is 3.77. The number of allylic oxidation sites excluding steroid dienone is 1. The summed E-state index contributed by atoms with van der Waals surface area (Å²) in [6.07, 6.45) is 18.9. The Balaban J connectivity index is 1.25. The maximum Gasteiger partial charge on any atom is 0.315 e. The van der Waals surface area contributed by atoms with Gasteiger partial charge >= 0.3 is 5.97 Å². The van der Waals surface area contributed by atoms with E-state index in [1.54, 1.807) is 0 Å². The fourth-order valence-corrected chi connectivity index (χ4v) is 13.3. The third-order valence-electron chi connectivity index (χ3n) is 15.2. The van der Waals surface area contributed by atoms with E-state index in [0.717, 1.165) is 57.4 Å². The summed E-state index contributed by atoms with van der Waals surface area (Å²) in [5.41, 5.74) is -1.42. The average molecular weight is 623 g/mol. The van der Waals surface area contributed by atoms with Gasteiger partial charge in [0.15, 0.2) is 0 Å². The second kappa shape index (κ2) is 12.3. The Kier molecular flexibility index (Phi) is 8.86. The summed E-state index contributed by atoms with van der Waals surface area (Å²) in [5, 5.41) is 11.6. The SMILES string of the molecule is CCN(CCN1CCCCC1)C[C@@H]1O[C@@H](C23C[C@@H]4[C@H](C)CC[C@H]4C4(C=O)CC2C=C(C(C)C)[C@]43C(=O)O)C[C@H]1C1CCCCC1. The number of piperidine rings is 1. The molecule has 7 rings (SSSR count). The molecule has 4 bridgehead atoms. The molecule has 5 aliphatic carbocycles. The van der Waals surface area contributed by atoms with E-state index in [1.807, 2.05) is 0 Å². The van der Waals surface area contributed by atoms with Crippen molar-refractivity contribution in [1.82, 2.24) is 9.80 Å². The standard InChI is InChI=1S/C39H62N2O4/c1-5-40(18-19-41-16-10-7-11-17-41)24-34-30(28-12-8-6-9-13-28)21-35(45-34)38-23-31-27(4)14-15-32(31)37(25-42)22-29(38)20-33(26(2)3)39(37,38)36(43)44/h20,25-32,34-35H,5-19,21-24H2,1-4H3,(H,43,44)/t27-,29?,30+,31-,32-,34+,35-,37?,38?,39+/m1/s1. The van der Waals surface area contributed by atoms with Crippen molar-refractivity contribution in [3.8, 4) is 0 Å². The minimum Gasteiger partial charge on any atom is -0.481 e. The molecule has 1 N–H and O–H groups in total. The topological polar surface area (TPSA) is 70.1 Å². The maximum atomic E-state index is 14.2. The summed E-state index contributed by atoms with van der Waals surface area (Å²) in [6.45, 7) is 15.7. The highest BCUT2D eigenvalue weighted by molar-refractivity contribution is 5.90. The molecule has 6 nitrogen and oxygen atoms in total. The number of ether oxygens (including phenoxy) is 1. The van der Waals surface area contributed by atoms with E-state index in [0.29, 0.717) is 30.1 Å². The maximum absolute atomic E-state index is 14.2. The number of rotatable bonds is 11. The zero-order valence-corrected chi connectivity index (χ0v) is 28.9. The van der Waals surface area contributed by atoms with Gasteiger partial charge in [-0.1, -0.05) is 84.3 Å². The van der Waals surface area contributed by atoms with Gasteiger partial charge in [-0.05, 0) is 99.6 Å². The molecule has 0 aromatic heterocycles. The number of aliphatic carboxylic acids is 1. The fraction of sp³-hybridized carbons (Fsp3) is 0.897. The summed E-state index contributed by atoms with van der Waals surface area (Å²) in [6, 6.07) is 0. The molecule has 2 aliphatic heterocycles. The molecule has 45 heavy (non-hydrogen) atoms. The number of carboxylic acid groups (broad SMARTS) is 1. The second-order valence-corrected chi connectivity index (χ2v) is 17.1. The quantitative estimate of drug-likeness (QED) is 0.196. The van der Waals surface area contributed by atoms with Crippen molar-refractivity contribution in [2.75, 3.05) is 39.3 Å². The molecule has 2 saturated heterocycles. The van der Waals surface area contributed by atoms with Crippen LogP contribution in [0, 0.1) is 57.7 Å². The Hall–Kier alpha value is -1.24. The number of likely N-dealkylation sites (N-methyl/N-ethyl adjacent to an activating group) is 1. The molecule has 4 saturated carbocycles. The van der Waals surface area contributed by atoms with Gasteiger partial charge in [-0.3, -0.25) is 9.69 Å². The van der Waals surface area contributed by atoms with Crippen molar-refractivity contribution < 1.29 is 19.4 Å². The van der Waals surface area contributed by atoms with E-state index < -0.39 is 22.2 Å². The molecule has 0 aromatic carbocycles. The molecule has 0 aromatic rings. The first-order valence-corrected chi connectivity index (χ1v) is 19.3. The molecular weight excluding hydrogens is 560 g/mol. The number of likely N-dealkylation sites (tertiary alicyclic amines) is 1. The summed E-state index contributed by atoms with van der Waals surface area (Å²) in [5.74, 6) is 1.77. The van der Waals surface area contributed by atoms with Crippen LogP contribution in [0.15, 0.2) is 11.6 Å². The number of aldehydes is 1. The Morgan fingerprint density at radius 2 is 1.80 bits per heavy atom. The highest BCUT2D eigenvalue weighted by Gasteiger charge is 2.86. The zero-order valence-electron chi connectivity index (χ0n) is 28.9. The minimum absolute atomic E-state index is 0.0978. The Morgan fingerprint density at radius 3 is 2.47 bits per heavy atom. The van der Waals surface area contributed by atoms with Crippen molar-refractivity contribution in [2.24, 2.45) is 57.7 Å². The molecule has 0 amide bonds. The number of carboxylic acids is 1. The Morgan fingerprint density at radius 1 is 1.07 bits per heavy atom. The Labute approximate surface area is 273 Å². The lowest BCUT2D eigenvalue weighted by Gasteiger charge is -2.60. The number of hydrogen-bond acceptors (Lipinski definition) is 5. The van der Waals surface area contributed by atoms with Gasteiger partial charge in [0.1, 0.15) is 11.7 Å². The summed E-state index contributed by atoms with van der Waals surface area (Å²) >= 11 is 0. The van der Waals surface area contributed by atoms with Gasteiger partial charge in [0, 0.05) is 25.0 Å². The molecule has 7 aliphatic rings. The molecule has 0 spiro atoms. The second-order valence-electron chi connectivity index (χ2n) is 17.1. The highest BCUT2D eigenvalue weighted by atomic mass is 16.5. The van der Waals surface area contributed by atoms with Crippen molar-refractivity contribution >= 4 is 12.3 Å². The third kappa shape index (κ3) is 4.64. The van der Waals surface area contributed by atoms with Crippen LogP contribution in [-0.2, 0) is 14.3 Å². The van der Waals surface area contributed by atoms with Crippen molar-refractivity contribution in [2.45, 2.75) is 123 Å². The molecule has 252 valence electrons. The van der Waals surface area contributed by atoms with E-state index in [4.69, 9.17) is 4.74 Å². The summed E-state index contributed by atoms with van der Waals surface area (Å²) in [7, 11) is 0. The lowest BCUT2D eigenvalue weighted by atomic mass is 9.41. The van der Waals surface area contributed by atoms with E-state index in [-0.39, 0.29) is 30.0 Å². The number of carbonyl (C=O) groups excluding carboxylic acids is 1. The van der Waals surface area contributed by atoms with Crippen LogP contribution in [0.1, 0.15) is 111 Å². The fourth-order valence-electron chi connectivity index (χ4n) is 13.3. The van der Waals surface area contributed by atoms with Crippen LogP contribution in [0.3, 0.4) is 0 Å². The normalized spacial score (nSPS) is 44.9. The molecule has 6 heteroatoms. The number of nitrogens with zero attached hydrogens (tertiary/aromatic N) is 2. The number of hydrogen-bond donors (Lipinski definition) is 1. The van der Waals surface area contributed by atoms with E-state index in [1.165, 1.54) is 70.7 Å². The first-order chi connectivity index (χ1) is 21.7. The largest absolute Gasteiger partial charge is 0.481 e. The van der Waals surface area contributed by atoms with Gasteiger partial charge in [0.05, 0.1) is 17.6 Å². The molecule has 6 fully saturated rings. The highest BCUT2D eigenvalue weighted by Crippen LogP contribution is 2.84. The van der Waals surface area contributed by atoms with Gasteiger partial charge in [-0.15, -0.1) is 0 Å². The molecule has 10 atom stereocenters. The van der Waals surface area contributed by atoms with Crippen LogP contribution < -0.4 is 0 Å². The monoisotopic (exact) mass is 622 g/mol. The first kappa shape index (κ1) is 32.3. The van der Waals surface area contributed by atoms with Gasteiger partial charge < -0.3 is 19.5 Å². The zero-order chi connectivity index (χ0) is 31.6. The number of fused-ring (bicyclic) bond motifs is 2. The van der Waals surface area contributed by atoms with E-state index in [9.17, 15) is 14.7 Å². The minimum atomic E-state index is -1.14. The Bertz CT molecular complexity index is 1140. The molecular formula is C39H62N2O4. The molecule has 0 radical (unpaired) electrons. The van der Waals surface area contributed by atoms with Crippen molar-refractivity contribution in [1.29, 1.82) is 0 Å². The lowest BCUT2D eigenvalue weighted by molar-refractivity contribution is -0.197. The van der Waals surface area contributed by atoms with Crippen LogP contribution in [-0.4, -0.2) is 78.6 Å². The van der Waals surface area contributed by atoms with E-state index >= 15 is 0 Å². The van der Waals surface area contributed by atoms with Gasteiger partial charge in [-0.25, -0.2) is 0 Å². The van der Waals surface area contributed by atoms with Crippen LogP contribution >= 0.6 is 0 Å². The van der Waals surface area contributed by atoms with Crippen LogP contribution in [0.5, 0.6) is 0 Å².